The predicted molar refractivity (Wildman–Crippen MR) is 122 cm³/mol. The Morgan fingerprint density at radius 2 is 1.84 bits per heavy atom. The Hall–Kier alpha value is -3.39. The van der Waals surface area contributed by atoms with Crippen molar-refractivity contribution in [1.29, 1.82) is 0 Å². The highest BCUT2D eigenvalue weighted by molar-refractivity contribution is 7.09. The molecule has 3 heterocycles. The fraction of sp³-hybridized carbons (Fsp3) is 0.261. The summed E-state index contributed by atoms with van der Waals surface area (Å²) in [7, 11) is 0. The summed E-state index contributed by atoms with van der Waals surface area (Å²) < 4.78 is 1.57. The Morgan fingerprint density at radius 1 is 1.10 bits per heavy atom. The van der Waals surface area contributed by atoms with E-state index >= 15 is 0 Å². The largest absolute Gasteiger partial charge is 0.310 e. The van der Waals surface area contributed by atoms with Crippen molar-refractivity contribution in [3.8, 4) is 5.95 Å². The third-order valence-electron chi connectivity index (χ3n) is 4.63. The molecule has 1 amide bonds. The lowest BCUT2D eigenvalue weighted by Gasteiger charge is -2.13. The summed E-state index contributed by atoms with van der Waals surface area (Å²) in [5.41, 5.74) is 2.62. The molecule has 0 unspecified atom stereocenters. The van der Waals surface area contributed by atoms with E-state index in [1.807, 2.05) is 29.6 Å². The van der Waals surface area contributed by atoms with Gasteiger partial charge in [-0.05, 0) is 11.6 Å². The van der Waals surface area contributed by atoms with E-state index in [0.717, 1.165) is 22.8 Å². The Kier molecular flexibility index (Phi) is 5.90. The molecule has 0 spiro atoms. The van der Waals surface area contributed by atoms with Crippen molar-refractivity contribution >= 4 is 23.1 Å². The molecule has 0 radical (unpaired) electrons. The van der Waals surface area contributed by atoms with Crippen LogP contribution in [0.15, 0.2) is 60.2 Å². The van der Waals surface area contributed by atoms with E-state index in [1.165, 1.54) is 5.56 Å². The Morgan fingerprint density at radius 3 is 2.55 bits per heavy atom. The van der Waals surface area contributed by atoms with Crippen LogP contribution < -0.4 is 5.32 Å². The number of hydrogen-bond donors (Lipinski definition) is 1. The van der Waals surface area contributed by atoms with Crippen molar-refractivity contribution in [3.63, 3.8) is 0 Å². The van der Waals surface area contributed by atoms with Gasteiger partial charge in [0.05, 0.1) is 22.8 Å². The zero-order valence-corrected chi connectivity index (χ0v) is 18.6. The van der Waals surface area contributed by atoms with E-state index in [-0.39, 0.29) is 17.7 Å². The summed E-state index contributed by atoms with van der Waals surface area (Å²) in [6, 6.07) is 13.8. The lowest BCUT2D eigenvalue weighted by atomic mass is 9.92. The molecule has 0 atom stereocenters. The smallest absolute Gasteiger partial charge is 0.252 e. The van der Waals surface area contributed by atoms with Crippen molar-refractivity contribution in [2.24, 2.45) is 0 Å². The first-order valence-electron chi connectivity index (χ1n) is 10.0. The molecule has 0 bridgehead atoms. The van der Waals surface area contributed by atoms with Gasteiger partial charge < -0.3 is 5.32 Å². The lowest BCUT2D eigenvalue weighted by Crippen LogP contribution is -2.18. The fourth-order valence-corrected chi connectivity index (χ4v) is 3.85. The highest BCUT2D eigenvalue weighted by Crippen LogP contribution is 2.25. The number of carbonyl (C=O) groups excluding carboxylic acids is 1. The van der Waals surface area contributed by atoms with Gasteiger partial charge >= 0.3 is 0 Å². The molecular formula is C23H24N6OS. The number of amides is 1. The zero-order valence-electron chi connectivity index (χ0n) is 17.7. The van der Waals surface area contributed by atoms with Crippen molar-refractivity contribution in [3.05, 3.63) is 82.2 Å². The van der Waals surface area contributed by atoms with Crippen molar-refractivity contribution in [1.82, 2.24) is 24.7 Å². The Labute approximate surface area is 185 Å². The Bertz CT molecular complexity index is 1160. The maximum absolute atomic E-state index is 12.8. The third-order valence-corrected chi connectivity index (χ3v) is 5.52. The molecule has 3 aromatic heterocycles. The van der Waals surface area contributed by atoms with Crippen LogP contribution >= 0.6 is 11.3 Å². The molecule has 0 aliphatic heterocycles. The monoisotopic (exact) mass is 432 g/mol. The molecule has 4 aromatic rings. The third kappa shape index (κ3) is 5.21. The van der Waals surface area contributed by atoms with E-state index < -0.39 is 0 Å². The average Bonchev–Trinajstić information content (AvgIpc) is 3.36. The molecule has 0 saturated carbocycles. The number of nitrogens with one attached hydrogen (secondary N) is 1. The minimum Gasteiger partial charge on any atom is -0.310 e. The van der Waals surface area contributed by atoms with Crippen LogP contribution in [0.3, 0.4) is 0 Å². The van der Waals surface area contributed by atoms with E-state index in [9.17, 15) is 4.79 Å². The Balaban J connectivity index is 1.49. The van der Waals surface area contributed by atoms with Crippen LogP contribution in [0.5, 0.6) is 0 Å². The van der Waals surface area contributed by atoms with Gasteiger partial charge in [-0.25, -0.2) is 15.0 Å². The van der Waals surface area contributed by atoms with Gasteiger partial charge in [0.1, 0.15) is 5.82 Å². The maximum atomic E-state index is 12.8. The second kappa shape index (κ2) is 8.77. The summed E-state index contributed by atoms with van der Waals surface area (Å²) in [5.74, 6) is 0.794. The van der Waals surface area contributed by atoms with Gasteiger partial charge in [0.2, 0.25) is 5.91 Å². The van der Waals surface area contributed by atoms with E-state index in [2.05, 4.69) is 58.3 Å². The van der Waals surface area contributed by atoms with Crippen molar-refractivity contribution in [2.45, 2.75) is 39.0 Å². The van der Waals surface area contributed by atoms with Gasteiger partial charge in [-0.15, -0.1) is 11.3 Å². The van der Waals surface area contributed by atoms with E-state index in [1.54, 1.807) is 34.5 Å². The molecule has 0 fully saturated rings. The number of aromatic nitrogens is 5. The number of thiazole rings is 1. The molecule has 4 rings (SSSR count). The summed E-state index contributed by atoms with van der Waals surface area (Å²) >= 11 is 1.57. The highest BCUT2D eigenvalue weighted by atomic mass is 32.1. The van der Waals surface area contributed by atoms with Gasteiger partial charge in [0.15, 0.2) is 0 Å². The molecule has 0 aliphatic rings. The predicted octanol–water partition coefficient (Wildman–Crippen LogP) is 4.19. The molecule has 31 heavy (non-hydrogen) atoms. The van der Waals surface area contributed by atoms with Crippen LogP contribution in [0.2, 0.25) is 0 Å². The molecule has 8 heteroatoms. The number of rotatable bonds is 6. The van der Waals surface area contributed by atoms with E-state index in [4.69, 9.17) is 0 Å². The van der Waals surface area contributed by atoms with Gasteiger partial charge in [0, 0.05) is 35.7 Å². The topological polar surface area (TPSA) is 85.6 Å². The van der Waals surface area contributed by atoms with Crippen LogP contribution in [0.25, 0.3) is 5.95 Å². The lowest BCUT2D eigenvalue weighted by molar-refractivity contribution is -0.115. The number of benzene rings is 1. The van der Waals surface area contributed by atoms with Gasteiger partial charge in [-0.3, -0.25) is 4.79 Å². The quantitative estimate of drug-likeness (QED) is 0.494. The average molecular weight is 433 g/mol. The van der Waals surface area contributed by atoms with Crippen molar-refractivity contribution in [2.75, 3.05) is 5.32 Å². The first kappa shape index (κ1) is 20.9. The van der Waals surface area contributed by atoms with Crippen LogP contribution in [0, 0.1) is 0 Å². The number of anilines is 1. The van der Waals surface area contributed by atoms with Gasteiger partial charge in [-0.2, -0.15) is 9.78 Å². The molecule has 7 nitrogen and oxygen atoms in total. The summed E-state index contributed by atoms with van der Waals surface area (Å²) in [4.78, 5) is 25.9. The summed E-state index contributed by atoms with van der Waals surface area (Å²) in [6.07, 6.45) is 4.25. The maximum Gasteiger partial charge on any atom is 0.252 e. The molecule has 158 valence electrons. The second-order valence-corrected chi connectivity index (χ2v) is 9.19. The van der Waals surface area contributed by atoms with Crippen LogP contribution in [-0.4, -0.2) is 30.6 Å². The minimum atomic E-state index is -0.180. The molecule has 0 aliphatic carbocycles. The van der Waals surface area contributed by atoms with E-state index in [0.29, 0.717) is 11.8 Å². The molecular weight excluding hydrogens is 408 g/mol. The zero-order chi connectivity index (χ0) is 21.8. The SMILES string of the molecule is CC(C)(C)c1cc(NC(=O)Cc2csc(Cc3ccccc3)n2)n(-c2ncccn2)n1. The summed E-state index contributed by atoms with van der Waals surface area (Å²) in [6.45, 7) is 6.21. The van der Waals surface area contributed by atoms with Gasteiger partial charge in [0.25, 0.3) is 5.95 Å². The van der Waals surface area contributed by atoms with Crippen molar-refractivity contribution < 1.29 is 4.79 Å². The second-order valence-electron chi connectivity index (χ2n) is 8.25. The molecule has 1 N–H and O–H groups in total. The first-order valence-corrected chi connectivity index (χ1v) is 10.9. The van der Waals surface area contributed by atoms with Crippen LogP contribution in [0.4, 0.5) is 5.82 Å². The number of nitrogens with zero attached hydrogens (tertiary/aromatic N) is 5. The molecule has 0 saturated heterocycles. The fourth-order valence-electron chi connectivity index (χ4n) is 3.02. The molecule has 1 aromatic carbocycles. The standard InChI is InChI=1S/C23H24N6OS/c1-23(2,3)18-14-19(29(28-18)22-24-10-7-11-25-22)27-20(30)13-17-15-31-21(26-17)12-16-8-5-4-6-9-16/h4-11,14-15H,12-13H2,1-3H3,(H,27,30). The number of hydrogen-bond acceptors (Lipinski definition) is 6. The first-order chi connectivity index (χ1) is 14.9. The van der Waals surface area contributed by atoms with Gasteiger partial charge in [-0.1, -0.05) is 51.1 Å². The van der Waals surface area contributed by atoms with Crippen LogP contribution in [0.1, 0.15) is 42.7 Å². The minimum absolute atomic E-state index is 0.158. The number of carbonyl (C=O) groups is 1. The highest BCUT2D eigenvalue weighted by Gasteiger charge is 2.22. The normalized spacial score (nSPS) is 11.5. The van der Waals surface area contributed by atoms with Crippen LogP contribution in [-0.2, 0) is 23.1 Å². The summed E-state index contributed by atoms with van der Waals surface area (Å²) in [5, 5.41) is 10.5.